The van der Waals surface area contributed by atoms with Gasteiger partial charge in [-0.3, -0.25) is 91.3 Å². The van der Waals surface area contributed by atoms with Crippen molar-refractivity contribution in [2.45, 2.75) is 210 Å². The van der Waals surface area contributed by atoms with Crippen LogP contribution in [0.2, 0.25) is 0 Å². The molecule has 1 fully saturated rings. The van der Waals surface area contributed by atoms with E-state index >= 15 is 0 Å². The van der Waals surface area contributed by atoms with Gasteiger partial charge in [-0.2, -0.15) is 0 Å². The van der Waals surface area contributed by atoms with Crippen LogP contribution in [0.4, 0.5) is 0 Å². The molecule has 0 aromatic carbocycles. The summed E-state index contributed by atoms with van der Waals surface area (Å²) in [5, 5.41) is 63.7. The molecule has 0 spiro atoms. The molecule has 42 heteroatoms. The number of rotatable bonds is 49. The summed E-state index contributed by atoms with van der Waals surface area (Å²) in [7, 11) is 0. The average molecular weight is 1440 g/mol. The highest BCUT2D eigenvalue weighted by atomic mass is 16.4. The maximum atomic E-state index is 14.4. The predicted molar refractivity (Wildman–Crippen MR) is 352 cm³/mol. The first-order valence-corrected chi connectivity index (χ1v) is 32.5. The summed E-state index contributed by atoms with van der Waals surface area (Å²) in [6.45, 7) is 5.98. The van der Waals surface area contributed by atoms with E-state index in [1.54, 1.807) is 27.7 Å². The Balaban J connectivity index is 3.59. The van der Waals surface area contributed by atoms with E-state index < -0.39 is 243 Å². The van der Waals surface area contributed by atoms with Gasteiger partial charge in [0.1, 0.15) is 72.5 Å². The van der Waals surface area contributed by atoms with E-state index in [-0.39, 0.29) is 89.3 Å². The fourth-order valence-corrected chi connectivity index (χ4v) is 9.90. The smallest absolute Gasteiger partial charge is 0.325 e. The predicted octanol–water partition coefficient (Wildman–Crippen LogP) is -10.0. The Morgan fingerprint density at radius 2 is 0.911 bits per heavy atom. The number of aliphatic carboxylic acids is 3. The number of hydrogen-bond acceptors (Lipinski definition) is 22. The molecule has 0 aromatic heterocycles. The van der Waals surface area contributed by atoms with E-state index in [1.807, 2.05) is 0 Å². The minimum absolute atomic E-state index is 0.00296. The SMILES string of the molecule is CC(C)C[C@H](NC(=O)[C@H](CC(N)=O)NC(=O)[C@H](CC(C)C)NC(=O)[C@@H](N)CO)C(=O)N[C@@H](CCC(N)=O)C(=O)N[C@@H](CCCCN)C(=O)N[C@@H](CC(=O)O)C(=O)N[C@@H](CCC(=O)O)C(=O)N1CCC[C@H]1C(=O)N[C@@H](CC(N)=O)C(=O)NCC(=O)N[C@@H](CCCN=C(N)N)C(=O)N[C@@H](C)C(=O)O. The van der Waals surface area contributed by atoms with Gasteiger partial charge in [0.2, 0.25) is 88.6 Å². The number of nitrogens with one attached hydrogen (secondary N) is 11. The van der Waals surface area contributed by atoms with Crippen LogP contribution >= 0.6 is 0 Å². The van der Waals surface area contributed by atoms with Crippen LogP contribution in [-0.2, 0) is 86.3 Å². The second-order valence-corrected chi connectivity index (χ2v) is 24.7. The van der Waals surface area contributed by atoms with Crippen molar-refractivity contribution in [2.75, 3.05) is 32.8 Å². The lowest BCUT2D eigenvalue weighted by Gasteiger charge is -2.30. The number of aliphatic imine (C=N–C) groups is 1. The monoisotopic (exact) mass is 1440 g/mol. The number of nitrogens with two attached hydrogens (primary N) is 7. The summed E-state index contributed by atoms with van der Waals surface area (Å²) in [5.74, 6) is -22.0. The molecular formula is C59H100N20O22. The van der Waals surface area contributed by atoms with Crippen molar-refractivity contribution >= 4 is 112 Å². The third kappa shape index (κ3) is 34.8. The van der Waals surface area contributed by atoms with E-state index in [2.05, 4.69) is 63.5 Å². The summed E-state index contributed by atoms with van der Waals surface area (Å²) in [6, 6.07) is -19.7. The number of carbonyl (C=O) groups excluding carboxylic acids is 15. The van der Waals surface area contributed by atoms with Crippen molar-refractivity contribution in [2.24, 2.45) is 57.0 Å². The Hall–Kier alpha value is -10.4. The van der Waals surface area contributed by atoms with E-state index in [4.69, 9.17) is 40.1 Å². The largest absolute Gasteiger partial charge is 0.481 e. The Morgan fingerprint density at radius 1 is 0.475 bits per heavy atom. The Bertz CT molecular complexity index is 2990. The zero-order chi connectivity index (χ0) is 77.0. The van der Waals surface area contributed by atoms with E-state index in [9.17, 15) is 107 Å². The van der Waals surface area contributed by atoms with Gasteiger partial charge in [-0.1, -0.05) is 27.7 Å². The highest BCUT2D eigenvalue weighted by Crippen LogP contribution is 2.21. The normalized spacial score (nSPS) is 15.8. The molecule has 1 heterocycles. The van der Waals surface area contributed by atoms with Gasteiger partial charge < -0.3 is 124 Å². The van der Waals surface area contributed by atoms with Crippen LogP contribution in [0.15, 0.2) is 4.99 Å². The number of guanidine groups is 1. The molecule has 1 saturated heterocycles. The van der Waals surface area contributed by atoms with Crippen LogP contribution in [0.3, 0.4) is 0 Å². The first kappa shape index (κ1) is 88.6. The van der Waals surface area contributed by atoms with Gasteiger partial charge in [-0.05, 0) is 95.9 Å². The minimum atomic E-state index is -2.13. The van der Waals surface area contributed by atoms with Crippen LogP contribution in [-0.4, -0.2) is 243 Å². The number of aliphatic hydroxyl groups excluding tert-OH is 1. The molecule has 0 radical (unpaired) electrons. The third-order valence-corrected chi connectivity index (χ3v) is 15.0. The molecule has 568 valence electrons. The van der Waals surface area contributed by atoms with Crippen molar-refractivity contribution in [3.8, 4) is 0 Å². The molecule has 29 N–H and O–H groups in total. The van der Waals surface area contributed by atoms with Crippen LogP contribution < -0.4 is 98.6 Å². The number of carboxylic acid groups (broad SMARTS) is 3. The zero-order valence-corrected chi connectivity index (χ0v) is 57.0. The summed E-state index contributed by atoms with van der Waals surface area (Å²) < 4.78 is 0. The molecule has 0 saturated carbocycles. The van der Waals surface area contributed by atoms with Crippen LogP contribution in [0, 0.1) is 11.8 Å². The number of nitrogens with zero attached hydrogens (tertiary/aromatic N) is 2. The topological polar surface area (TPSA) is 718 Å². The maximum absolute atomic E-state index is 14.4. The minimum Gasteiger partial charge on any atom is -0.481 e. The molecule has 101 heavy (non-hydrogen) atoms. The number of hydrogen-bond donors (Lipinski definition) is 22. The first-order valence-electron chi connectivity index (χ1n) is 32.5. The highest BCUT2D eigenvalue weighted by Gasteiger charge is 2.42. The quantitative estimate of drug-likeness (QED) is 0.0153. The van der Waals surface area contributed by atoms with Gasteiger partial charge >= 0.3 is 17.9 Å². The Labute approximate surface area is 580 Å². The van der Waals surface area contributed by atoms with Crippen LogP contribution in [0.5, 0.6) is 0 Å². The summed E-state index contributed by atoms with van der Waals surface area (Å²) in [5.41, 5.74) is 38.2. The number of carboxylic acids is 3. The van der Waals surface area contributed by atoms with Crippen molar-refractivity contribution < 1.29 is 107 Å². The van der Waals surface area contributed by atoms with Gasteiger partial charge in [0.25, 0.3) is 0 Å². The van der Waals surface area contributed by atoms with Gasteiger partial charge in [0.15, 0.2) is 5.96 Å². The van der Waals surface area contributed by atoms with Crippen molar-refractivity contribution in [1.29, 1.82) is 0 Å². The molecule has 1 aliphatic heterocycles. The van der Waals surface area contributed by atoms with E-state index in [0.29, 0.717) is 0 Å². The standard InChI is InChI=1S/C59H100N20O22/c1-27(2)20-35(74-47(89)30(61)26-80)53(95)76-38(23-43(64)83)54(96)75-36(21-28(3)4)52(94)72-33(13-15-41(62)81)51(93)71-32(10-6-7-17-60)50(92)77-39(24-46(87)88)55(97)73-34(14-16-45(85)86)57(99)79-19-9-12-40(79)56(98)78-37(22-42(63)82)48(90)68-25-44(84)70-31(11-8-18-67-59(65)66)49(91)69-29(5)58(100)101/h27-40,80H,6-26,60-61H2,1-5H3,(H2,62,81)(H2,63,82)(H2,64,83)(H,68,90)(H,69,91)(H,70,84)(H,71,93)(H,72,94)(H,73,97)(H,74,89)(H,75,96)(H,76,95)(H,77,92)(H,78,98)(H,85,86)(H,87,88)(H,100,101)(H4,65,66,67)/t29-,30-,31-,32-,33-,34-,35-,36-,37-,38-,39-,40-/m0/s1. The molecule has 1 rings (SSSR count). The molecule has 15 amide bonds. The summed E-state index contributed by atoms with van der Waals surface area (Å²) in [6.07, 6.45) is -5.88. The van der Waals surface area contributed by atoms with Gasteiger partial charge in [0.05, 0.1) is 32.4 Å². The molecular weight excluding hydrogens is 1340 g/mol. The number of likely N-dealkylation sites (tertiary alicyclic amines) is 1. The molecule has 1 aliphatic rings. The third-order valence-electron chi connectivity index (χ3n) is 15.0. The number of aliphatic hydroxyl groups is 1. The molecule has 0 aromatic rings. The molecule has 0 unspecified atom stereocenters. The molecule has 0 aliphatic carbocycles. The fourth-order valence-electron chi connectivity index (χ4n) is 9.90. The summed E-state index contributed by atoms with van der Waals surface area (Å²) in [4.78, 5) is 242. The van der Waals surface area contributed by atoms with Crippen molar-refractivity contribution in [3.63, 3.8) is 0 Å². The first-order chi connectivity index (χ1) is 47.2. The number of amides is 15. The lowest BCUT2D eigenvalue weighted by atomic mass is 10.00. The highest BCUT2D eigenvalue weighted by molar-refractivity contribution is 6.01. The molecule has 0 bridgehead atoms. The zero-order valence-electron chi connectivity index (χ0n) is 57.0. The average Bonchev–Trinajstić information content (AvgIpc) is 1.75. The lowest BCUT2D eigenvalue weighted by molar-refractivity contribution is -0.144. The van der Waals surface area contributed by atoms with Gasteiger partial charge in [-0.25, -0.2) is 0 Å². The fraction of sp³-hybridized carbons (Fsp3) is 0.678. The number of carbonyl (C=O) groups is 18. The number of unbranched alkanes of at least 4 members (excludes halogenated alkanes) is 1. The second-order valence-electron chi connectivity index (χ2n) is 24.7. The molecule has 42 nitrogen and oxygen atoms in total. The van der Waals surface area contributed by atoms with Gasteiger partial charge in [-0.15, -0.1) is 0 Å². The lowest BCUT2D eigenvalue weighted by Crippen LogP contribution is -2.61. The maximum Gasteiger partial charge on any atom is 0.325 e. The van der Waals surface area contributed by atoms with Crippen molar-refractivity contribution in [1.82, 2.24) is 63.4 Å². The van der Waals surface area contributed by atoms with Crippen molar-refractivity contribution in [3.05, 3.63) is 0 Å². The van der Waals surface area contributed by atoms with Gasteiger partial charge in [0, 0.05) is 25.9 Å². The molecule has 12 atom stereocenters. The Morgan fingerprint density at radius 3 is 1.39 bits per heavy atom. The van der Waals surface area contributed by atoms with E-state index in [0.717, 1.165) is 11.8 Å². The van der Waals surface area contributed by atoms with Crippen LogP contribution in [0.1, 0.15) is 137 Å². The Kier molecular flexibility index (Phi) is 39.8. The van der Waals surface area contributed by atoms with Crippen LogP contribution in [0.25, 0.3) is 0 Å². The summed E-state index contributed by atoms with van der Waals surface area (Å²) >= 11 is 0. The van der Waals surface area contributed by atoms with E-state index in [1.165, 1.54) is 0 Å². The second kappa shape index (κ2) is 45.3. The number of primary amides is 3.